The van der Waals surface area contributed by atoms with Crippen LogP contribution in [-0.4, -0.2) is 39.7 Å². The van der Waals surface area contributed by atoms with Gasteiger partial charge in [-0.3, -0.25) is 0 Å². The molecule has 9 heteroatoms. The molecule has 0 heterocycles. The van der Waals surface area contributed by atoms with Crippen LogP contribution in [0.1, 0.15) is 18.1 Å². The second-order valence-electron chi connectivity index (χ2n) is 4.97. The Hall–Kier alpha value is -0.0206. The third kappa shape index (κ3) is 4.98. The van der Waals surface area contributed by atoms with Crippen molar-refractivity contribution >= 4 is 23.4 Å². The maximum atomic E-state index is 12.4. The Morgan fingerprint density at radius 2 is 1.52 bits per heavy atom. The van der Waals surface area contributed by atoms with Gasteiger partial charge in [0, 0.05) is 6.42 Å². The average Bonchev–Trinajstić information content (AvgIpc) is 2.44. The van der Waals surface area contributed by atoms with Crippen LogP contribution >= 0.6 is 0 Å². The number of alkyl halides is 3. The van der Waals surface area contributed by atoms with Gasteiger partial charge in [-0.25, -0.2) is 0 Å². The minimum Gasteiger partial charge on any atom is -0.423 e. The number of aliphatic hydroxyl groups is 2. The van der Waals surface area contributed by atoms with Crippen molar-refractivity contribution in [2.45, 2.75) is 24.8 Å². The Balaban J connectivity index is 0.00000264. The van der Waals surface area contributed by atoms with Crippen molar-refractivity contribution in [1.29, 1.82) is 0 Å². The van der Waals surface area contributed by atoms with Gasteiger partial charge >= 0.3 is 62.7 Å². The molecule has 0 fully saturated rings. The van der Waals surface area contributed by atoms with Crippen LogP contribution in [0.15, 0.2) is 36.4 Å². The summed E-state index contributed by atoms with van der Waals surface area (Å²) >= 11 is 0. The SMILES string of the molecule is OB(O)c1cccc2c(C(O)CC(O)C(F)(F)F)cccc12.[Eu+3]. The zero-order valence-electron chi connectivity index (χ0n) is 11.7. The third-order valence-electron chi connectivity index (χ3n) is 3.45. The van der Waals surface area contributed by atoms with Crippen molar-refractivity contribution in [3.8, 4) is 0 Å². The Morgan fingerprint density at radius 1 is 0.957 bits per heavy atom. The van der Waals surface area contributed by atoms with E-state index in [4.69, 9.17) is 5.11 Å². The first-order valence-electron chi connectivity index (χ1n) is 6.52. The first-order valence-corrected chi connectivity index (χ1v) is 6.52. The third-order valence-corrected chi connectivity index (χ3v) is 3.45. The predicted molar refractivity (Wildman–Crippen MR) is 75.4 cm³/mol. The summed E-state index contributed by atoms with van der Waals surface area (Å²) in [7, 11) is -1.74. The zero-order valence-corrected chi connectivity index (χ0v) is 14.1. The fraction of sp³-hybridized carbons (Fsp3) is 0.286. The molecule has 0 amide bonds. The molecule has 0 radical (unpaired) electrons. The van der Waals surface area contributed by atoms with Crippen molar-refractivity contribution in [3.05, 3.63) is 42.0 Å². The minimum atomic E-state index is -4.81. The molecule has 23 heavy (non-hydrogen) atoms. The number of rotatable bonds is 4. The maximum Gasteiger partial charge on any atom is 3.00 e. The van der Waals surface area contributed by atoms with Gasteiger partial charge in [-0.05, 0) is 21.8 Å². The van der Waals surface area contributed by atoms with E-state index in [0.717, 1.165) is 0 Å². The van der Waals surface area contributed by atoms with Gasteiger partial charge < -0.3 is 20.3 Å². The molecule has 122 valence electrons. The van der Waals surface area contributed by atoms with E-state index in [-0.39, 0.29) is 60.4 Å². The maximum absolute atomic E-state index is 12.4. The molecule has 4 nitrogen and oxygen atoms in total. The summed E-state index contributed by atoms with van der Waals surface area (Å²) < 4.78 is 37.1. The molecule has 4 N–H and O–H groups in total. The topological polar surface area (TPSA) is 80.9 Å². The summed E-state index contributed by atoms with van der Waals surface area (Å²) in [5, 5.41) is 38.5. The van der Waals surface area contributed by atoms with E-state index in [1.807, 2.05) is 0 Å². The van der Waals surface area contributed by atoms with Crippen LogP contribution in [0.2, 0.25) is 0 Å². The zero-order chi connectivity index (χ0) is 16.5. The second-order valence-corrected chi connectivity index (χ2v) is 4.97. The van der Waals surface area contributed by atoms with Gasteiger partial charge in [-0.1, -0.05) is 36.4 Å². The Bertz CT molecular complexity index is 666. The van der Waals surface area contributed by atoms with Crippen LogP contribution in [0.3, 0.4) is 0 Å². The van der Waals surface area contributed by atoms with E-state index in [9.17, 15) is 28.3 Å². The van der Waals surface area contributed by atoms with E-state index >= 15 is 0 Å². The van der Waals surface area contributed by atoms with Crippen LogP contribution in [0.5, 0.6) is 0 Å². The van der Waals surface area contributed by atoms with Crippen molar-refractivity contribution in [2.75, 3.05) is 0 Å². The van der Waals surface area contributed by atoms with Gasteiger partial charge in [0.15, 0.2) is 6.10 Å². The van der Waals surface area contributed by atoms with Crippen molar-refractivity contribution in [1.82, 2.24) is 0 Å². The molecule has 0 saturated heterocycles. The van der Waals surface area contributed by atoms with Gasteiger partial charge in [-0.2, -0.15) is 13.2 Å². The summed E-state index contributed by atoms with van der Waals surface area (Å²) in [6.07, 6.45) is -9.87. The molecule has 2 atom stereocenters. The molecule has 0 bridgehead atoms. The Morgan fingerprint density at radius 3 is 2.09 bits per heavy atom. The number of halogens is 3. The Kier molecular flexibility index (Phi) is 7.66. The smallest absolute Gasteiger partial charge is 0.423 e. The van der Waals surface area contributed by atoms with Crippen LogP contribution in [-0.2, 0) is 0 Å². The van der Waals surface area contributed by atoms with E-state index in [1.165, 1.54) is 24.3 Å². The molecular formula is C14H14BEuF3O4+3. The van der Waals surface area contributed by atoms with Crippen LogP contribution in [0.4, 0.5) is 13.2 Å². The largest absolute Gasteiger partial charge is 3.00 e. The fourth-order valence-corrected chi connectivity index (χ4v) is 2.35. The van der Waals surface area contributed by atoms with Gasteiger partial charge in [0.25, 0.3) is 0 Å². The number of aliphatic hydroxyl groups excluding tert-OH is 2. The fourth-order valence-electron chi connectivity index (χ4n) is 2.35. The van der Waals surface area contributed by atoms with Gasteiger partial charge in [0.1, 0.15) is 0 Å². The van der Waals surface area contributed by atoms with Crippen molar-refractivity contribution < 1.29 is 82.8 Å². The molecule has 2 rings (SSSR count). The van der Waals surface area contributed by atoms with Gasteiger partial charge in [0.05, 0.1) is 6.10 Å². The summed E-state index contributed by atoms with van der Waals surface area (Å²) in [5.74, 6) is 0. The predicted octanol–water partition coefficient (Wildman–Crippen LogP) is 0.866. The Labute approximate surface area is 171 Å². The summed E-state index contributed by atoms with van der Waals surface area (Å²) in [6.45, 7) is 0. The number of hydrogen-bond acceptors (Lipinski definition) is 4. The summed E-state index contributed by atoms with van der Waals surface area (Å²) in [6, 6.07) is 9.03. The van der Waals surface area contributed by atoms with E-state index in [0.29, 0.717) is 10.8 Å². The standard InChI is InChI=1S/C14H14BF3O4.Eu/c16-14(17,18)13(20)7-12(19)10-5-1-4-9-8(10)3-2-6-11(9)15(21)22;/h1-6,12-13,19-22H,7H2;/q;+3. The molecule has 0 aliphatic heterocycles. The molecule has 2 unspecified atom stereocenters. The molecular weight excluding hydrogens is 452 g/mol. The molecule has 0 aliphatic rings. The van der Waals surface area contributed by atoms with Crippen molar-refractivity contribution in [2.24, 2.45) is 0 Å². The quantitative estimate of drug-likeness (QED) is 0.505. The minimum absolute atomic E-state index is 0. The molecule has 2 aromatic carbocycles. The van der Waals surface area contributed by atoms with Gasteiger partial charge in [0.2, 0.25) is 0 Å². The van der Waals surface area contributed by atoms with Crippen LogP contribution < -0.4 is 5.46 Å². The molecule has 2 aromatic rings. The van der Waals surface area contributed by atoms with E-state index < -0.39 is 31.9 Å². The molecule has 0 saturated carbocycles. The first kappa shape index (κ1) is 21.0. The summed E-state index contributed by atoms with van der Waals surface area (Å²) in [4.78, 5) is 0. The normalized spacial score (nSPS) is 14.2. The second kappa shape index (κ2) is 8.38. The monoisotopic (exact) mass is 467 g/mol. The first-order chi connectivity index (χ1) is 10.2. The van der Waals surface area contributed by atoms with Crippen molar-refractivity contribution in [3.63, 3.8) is 0 Å². The van der Waals surface area contributed by atoms with E-state index in [1.54, 1.807) is 12.1 Å². The number of hydrogen-bond donors (Lipinski definition) is 4. The molecule has 0 spiro atoms. The summed E-state index contributed by atoms with van der Waals surface area (Å²) in [5.41, 5.74) is 0.367. The van der Waals surface area contributed by atoms with Gasteiger partial charge in [-0.15, -0.1) is 0 Å². The van der Waals surface area contributed by atoms with Crippen LogP contribution in [0.25, 0.3) is 10.8 Å². The molecule has 0 aliphatic carbocycles. The number of fused-ring (bicyclic) bond motifs is 1. The van der Waals surface area contributed by atoms with E-state index in [2.05, 4.69) is 0 Å². The van der Waals surface area contributed by atoms with Crippen LogP contribution in [0, 0.1) is 49.4 Å². The molecule has 0 aromatic heterocycles. The average molecular weight is 466 g/mol. The number of benzene rings is 2.